The van der Waals surface area contributed by atoms with Crippen molar-refractivity contribution in [1.29, 1.82) is 0 Å². The monoisotopic (exact) mass is 304 g/mol. The summed E-state index contributed by atoms with van der Waals surface area (Å²) in [5.74, 6) is 0.773. The average molecular weight is 304 g/mol. The molecule has 2 heterocycles. The summed E-state index contributed by atoms with van der Waals surface area (Å²) in [7, 11) is 0. The number of piperidine rings is 1. The third kappa shape index (κ3) is 4.42. The van der Waals surface area contributed by atoms with E-state index in [1.165, 1.54) is 19.3 Å². The molecule has 0 aromatic carbocycles. The first kappa shape index (κ1) is 16.7. The molecule has 1 N–H and O–H groups in total. The van der Waals surface area contributed by atoms with E-state index < -0.39 is 0 Å². The third-order valence-corrected chi connectivity index (χ3v) is 4.33. The number of anilines is 1. The fourth-order valence-electron chi connectivity index (χ4n) is 2.98. The van der Waals surface area contributed by atoms with Crippen molar-refractivity contribution in [3.8, 4) is 0 Å². The van der Waals surface area contributed by atoms with Crippen molar-refractivity contribution < 1.29 is 4.79 Å². The van der Waals surface area contributed by atoms with E-state index in [4.69, 9.17) is 0 Å². The molecule has 0 bridgehead atoms. The molecular formula is C17H28N4O. The lowest BCUT2D eigenvalue weighted by Gasteiger charge is -2.35. The molecule has 0 saturated carbocycles. The first-order valence-corrected chi connectivity index (χ1v) is 8.63. The van der Waals surface area contributed by atoms with Gasteiger partial charge in [0.25, 0.3) is 5.91 Å². The standard InChI is InChI=1S/C17H28N4O/c1-3-5-7-10-18-17(22)15-12-20-16(13-19-15)21-11-8-6-9-14(21)4-2/h12-14H,3-11H2,1-2H3,(H,18,22). The zero-order valence-corrected chi connectivity index (χ0v) is 13.8. The van der Waals surface area contributed by atoms with Crippen LogP contribution in [-0.2, 0) is 0 Å². The number of unbranched alkanes of at least 4 members (excludes halogenated alkanes) is 2. The number of aromatic nitrogens is 2. The second-order valence-corrected chi connectivity index (χ2v) is 5.97. The number of amides is 1. The van der Waals surface area contributed by atoms with Gasteiger partial charge in [0.15, 0.2) is 0 Å². The van der Waals surface area contributed by atoms with E-state index in [2.05, 4.69) is 34.0 Å². The maximum Gasteiger partial charge on any atom is 0.271 e. The Labute approximate surface area is 133 Å². The smallest absolute Gasteiger partial charge is 0.271 e. The van der Waals surface area contributed by atoms with Crippen LogP contribution in [0.5, 0.6) is 0 Å². The molecule has 0 spiro atoms. The fraction of sp³-hybridized carbons (Fsp3) is 0.706. The Kier molecular flexibility index (Phi) is 6.62. The Morgan fingerprint density at radius 1 is 1.27 bits per heavy atom. The van der Waals surface area contributed by atoms with Gasteiger partial charge in [-0.15, -0.1) is 0 Å². The van der Waals surface area contributed by atoms with Crippen molar-refractivity contribution in [3.63, 3.8) is 0 Å². The molecule has 1 aromatic rings. The van der Waals surface area contributed by atoms with Crippen LogP contribution in [0.2, 0.25) is 0 Å². The summed E-state index contributed by atoms with van der Waals surface area (Å²) in [6.07, 6.45) is 11.5. The topological polar surface area (TPSA) is 58.1 Å². The SMILES string of the molecule is CCCCCNC(=O)c1cnc(N2CCCCC2CC)cn1. The van der Waals surface area contributed by atoms with Gasteiger partial charge in [-0.1, -0.05) is 26.7 Å². The predicted molar refractivity (Wildman–Crippen MR) is 89.2 cm³/mol. The number of carbonyl (C=O) groups excluding carboxylic acids is 1. The third-order valence-electron chi connectivity index (χ3n) is 4.33. The maximum absolute atomic E-state index is 12.0. The molecule has 1 aliphatic heterocycles. The number of carbonyl (C=O) groups is 1. The van der Waals surface area contributed by atoms with E-state index in [9.17, 15) is 4.79 Å². The van der Waals surface area contributed by atoms with Gasteiger partial charge in [0.05, 0.1) is 12.4 Å². The number of nitrogens with one attached hydrogen (secondary N) is 1. The highest BCUT2D eigenvalue weighted by Crippen LogP contribution is 2.24. The summed E-state index contributed by atoms with van der Waals surface area (Å²) >= 11 is 0. The van der Waals surface area contributed by atoms with Crippen LogP contribution in [0.3, 0.4) is 0 Å². The minimum absolute atomic E-state index is 0.124. The highest BCUT2D eigenvalue weighted by atomic mass is 16.1. The van der Waals surface area contributed by atoms with Crippen molar-refractivity contribution >= 4 is 11.7 Å². The number of nitrogens with zero attached hydrogens (tertiary/aromatic N) is 3. The van der Waals surface area contributed by atoms with Crippen LogP contribution < -0.4 is 10.2 Å². The Morgan fingerprint density at radius 2 is 2.14 bits per heavy atom. The van der Waals surface area contributed by atoms with E-state index in [0.29, 0.717) is 18.3 Å². The van der Waals surface area contributed by atoms with Gasteiger partial charge in [0.2, 0.25) is 0 Å². The quantitative estimate of drug-likeness (QED) is 0.786. The molecule has 5 nitrogen and oxygen atoms in total. The molecule has 2 rings (SSSR count). The molecule has 122 valence electrons. The average Bonchev–Trinajstić information content (AvgIpc) is 2.58. The van der Waals surface area contributed by atoms with Gasteiger partial charge in [-0.05, 0) is 32.1 Å². The summed E-state index contributed by atoms with van der Waals surface area (Å²) < 4.78 is 0. The van der Waals surface area contributed by atoms with Gasteiger partial charge in [0.1, 0.15) is 11.5 Å². The highest BCUT2D eigenvalue weighted by molar-refractivity contribution is 5.91. The van der Waals surface area contributed by atoms with Crippen LogP contribution >= 0.6 is 0 Å². The van der Waals surface area contributed by atoms with Gasteiger partial charge in [-0.3, -0.25) is 4.79 Å². The Hall–Kier alpha value is -1.65. The van der Waals surface area contributed by atoms with Crippen LogP contribution in [0.15, 0.2) is 12.4 Å². The molecule has 1 aliphatic rings. The lowest BCUT2D eigenvalue weighted by atomic mass is 10.0. The number of hydrogen-bond donors (Lipinski definition) is 1. The van der Waals surface area contributed by atoms with Crippen molar-refractivity contribution in [3.05, 3.63) is 18.1 Å². The number of hydrogen-bond acceptors (Lipinski definition) is 4. The Bertz CT molecular complexity index is 460. The van der Waals surface area contributed by atoms with E-state index in [1.54, 1.807) is 12.4 Å². The summed E-state index contributed by atoms with van der Waals surface area (Å²) in [6, 6.07) is 0.553. The lowest BCUT2D eigenvalue weighted by molar-refractivity contribution is 0.0947. The highest BCUT2D eigenvalue weighted by Gasteiger charge is 2.22. The molecule has 0 aliphatic carbocycles. The van der Waals surface area contributed by atoms with Gasteiger partial charge >= 0.3 is 0 Å². The molecule has 1 fully saturated rings. The van der Waals surface area contributed by atoms with Crippen molar-refractivity contribution in [2.45, 2.75) is 64.8 Å². The van der Waals surface area contributed by atoms with Crippen LogP contribution in [0.4, 0.5) is 5.82 Å². The molecule has 1 aromatic heterocycles. The second kappa shape index (κ2) is 8.71. The Morgan fingerprint density at radius 3 is 2.82 bits per heavy atom. The molecule has 1 amide bonds. The lowest BCUT2D eigenvalue weighted by Crippen LogP contribution is -2.39. The van der Waals surface area contributed by atoms with Gasteiger partial charge in [0, 0.05) is 19.1 Å². The maximum atomic E-state index is 12.0. The molecule has 5 heteroatoms. The van der Waals surface area contributed by atoms with Crippen LogP contribution in [0.1, 0.15) is 69.3 Å². The summed E-state index contributed by atoms with van der Waals surface area (Å²) in [5, 5.41) is 2.90. The van der Waals surface area contributed by atoms with Gasteiger partial charge in [-0.25, -0.2) is 9.97 Å². The largest absolute Gasteiger partial charge is 0.352 e. The minimum Gasteiger partial charge on any atom is -0.352 e. The van der Waals surface area contributed by atoms with Crippen molar-refractivity contribution in [2.75, 3.05) is 18.0 Å². The summed E-state index contributed by atoms with van der Waals surface area (Å²) in [5.41, 5.74) is 0.408. The van der Waals surface area contributed by atoms with Gasteiger partial charge < -0.3 is 10.2 Å². The zero-order valence-electron chi connectivity index (χ0n) is 13.8. The predicted octanol–water partition coefficient (Wildman–Crippen LogP) is 3.17. The molecule has 1 saturated heterocycles. The molecular weight excluding hydrogens is 276 g/mol. The molecule has 0 radical (unpaired) electrons. The zero-order chi connectivity index (χ0) is 15.8. The fourth-order valence-corrected chi connectivity index (χ4v) is 2.98. The van der Waals surface area contributed by atoms with Crippen LogP contribution in [0, 0.1) is 0 Å². The first-order valence-electron chi connectivity index (χ1n) is 8.63. The molecule has 22 heavy (non-hydrogen) atoms. The second-order valence-electron chi connectivity index (χ2n) is 5.97. The molecule has 1 atom stereocenters. The van der Waals surface area contributed by atoms with Crippen molar-refractivity contribution in [2.24, 2.45) is 0 Å². The van der Waals surface area contributed by atoms with E-state index in [1.807, 2.05) is 0 Å². The normalized spacial score (nSPS) is 18.3. The minimum atomic E-state index is -0.124. The summed E-state index contributed by atoms with van der Waals surface area (Å²) in [6.45, 7) is 6.11. The van der Waals surface area contributed by atoms with E-state index >= 15 is 0 Å². The first-order chi connectivity index (χ1) is 10.8. The van der Waals surface area contributed by atoms with E-state index in [-0.39, 0.29) is 5.91 Å². The molecule has 1 unspecified atom stereocenters. The Balaban J connectivity index is 1.93. The van der Waals surface area contributed by atoms with Crippen LogP contribution in [0.25, 0.3) is 0 Å². The van der Waals surface area contributed by atoms with Crippen molar-refractivity contribution in [1.82, 2.24) is 15.3 Å². The summed E-state index contributed by atoms with van der Waals surface area (Å²) in [4.78, 5) is 23.1. The number of rotatable bonds is 7. The van der Waals surface area contributed by atoms with E-state index in [0.717, 1.165) is 38.0 Å². The van der Waals surface area contributed by atoms with Gasteiger partial charge in [-0.2, -0.15) is 0 Å². The van der Waals surface area contributed by atoms with Crippen LogP contribution in [-0.4, -0.2) is 35.0 Å².